The van der Waals surface area contributed by atoms with Gasteiger partial charge < -0.3 is 0 Å². The van der Waals surface area contributed by atoms with Crippen LogP contribution in [0, 0.1) is 5.92 Å². The Kier molecular flexibility index (Phi) is 6.56. The van der Waals surface area contributed by atoms with Crippen LogP contribution in [0.25, 0.3) is 0 Å². The van der Waals surface area contributed by atoms with Crippen LogP contribution in [0.2, 0.25) is 0 Å². The van der Waals surface area contributed by atoms with E-state index in [1.807, 2.05) is 0 Å². The molecule has 0 N–H and O–H groups in total. The van der Waals surface area contributed by atoms with Gasteiger partial charge in [0.1, 0.15) is 0 Å². The lowest BCUT2D eigenvalue weighted by atomic mass is 10.1. The smallest absolute Gasteiger partial charge is 0.00675 e. The van der Waals surface area contributed by atoms with Gasteiger partial charge in [-0.3, -0.25) is 0 Å². The van der Waals surface area contributed by atoms with Crippen LogP contribution in [0.15, 0.2) is 0 Å². The van der Waals surface area contributed by atoms with Crippen molar-refractivity contribution in [2.45, 2.75) is 50.7 Å². The molecule has 0 aromatic rings. The van der Waals surface area contributed by atoms with Gasteiger partial charge in [0.25, 0.3) is 0 Å². The van der Waals surface area contributed by atoms with Crippen molar-refractivity contribution >= 4 is 27.7 Å². The Morgan fingerprint density at radius 1 is 1.38 bits per heavy atom. The zero-order valence-electron chi connectivity index (χ0n) is 8.60. The molecule has 13 heavy (non-hydrogen) atoms. The second-order valence-electron chi connectivity index (χ2n) is 4.05. The normalized spacial score (nSPS) is 20.8. The minimum Gasteiger partial charge on any atom is -0.158 e. The molecule has 0 aromatic heterocycles. The summed E-state index contributed by atoms with van der Waals surface area (Å²) in [5.41, 5.74) is 0. The lowest BCUT2D eigenvalue weighted by Crippen LogP contribution is -2.08. The van der Waals surface area contributed by atoms with Gasteiger partial charge in [-0.2, -0.15) is 11.8 Å². The van der Waals surface area contributed by atoms with Crippen molar-refractivity contribution in [1.82, 2.24) is 0 Å². The van der Waals surface area contributed by atoms with E-state index in [4.69, 9.17) is 0 Å². The van der Waals surface area contributed by atoms with Crippen molar-refractivity contribution in [2.75, 3.05) is 11.1 Å². The Morgan fingerprint density at radius 2 is 2.08 bits per heavy atom. The summed E-state index contributed by atoms with van der Waals surface area (Å²) in [7, 11) is 0. The molecule has 1 fully saturated rings. The van der Waals surface area contributed by atoms with E-state index in [2.05, 4.69) is 34.6 Å². The highest BCUT2D eigenvalue weighted by atomic mass is 79.9. The molecule has 2 heteroatoms. The highest BCUT2D eigenvalue weighted by molar-refractivity contribution is 9.09. The highest BCUT2D eigenvalue weighted by Crippen LogP contribution is 2.31. The second kappa shape index (κ2) is 7.17. The molecular weight excluding hydrogens is 244 g/mol. The van der Waals surface area contributed by atoms with Gasteiger partial charge in [0.05, 0.1) is 0 Å². The van der Waals surface area contributed by atoms with Crippen LogP contribution in [0.3, 0.4) is 0 Å². The third kappa shape index (κ3) is 4.73. The van der Waals surface area contributed by atoms with Crippen molar-refractivity contribution in [2.24, 2.45) is 5.92 Å². The van der Waals surface area contributed by atoms with Gasteiger partial charge >= 0.3 is 0 Å². The van der Waals surface area contributed by atoms with Crippen molar-refractivity contribution < 1.29 is 0 Å². The predicted molar refractivity (Wildman–Crippen MR) is 66.9 cm³/mol. The molecular formula is C11H21BrS. The van der Waals surface area contributed by atoms with Crippen LogP contribution in [0.4, 0.5) is 0 Å². The zero-order valence-corrected chi connectivity index (χ0v) is 11.0. The fraction of sp³-hybridized carbons (Fsp3) is 1.00. The molecule has 1 unspecified atom stereocenters. The van der Waals surface area contributed by atoms with Crippen molar-refractivity contribution in [1.29, 1.82) is 0 Å². The van der Waals surface area contributed by atoms with Crippen LogP contribution in [-0.2, 0) is 0 Å². The van der Waals surface area contributed by atoms with Crippen molar-refractivity contribution in [3.8, 4) is 0 Å². The fourth-order valence-electron chi connectivity index (χ4n) is 1.94. The summed E-state index contributed by atoms with van der Waals surface area (Å²) >= 11 is 5.84. The minimum absolute atomic E-state index is 0.913. The Bertz CT molecular complexity index is 121. The first kappa shape index (κ1) is 11.9. The first-order chi connectivity index (χ1) is 6.36. The summed E-state index contributed by atoms with van der Waals surface area (Å²) in [6, 6.07) is 0. The van der Waals surface area contributed by atoms with E-state index in [9.17, 15) is 0 Å². The molecule has 78 valence electrons. The van der Waals surface area contributed by atoms with Crippen molar-refractivity contribution in [3.05, 3.63) is 0 Å². The zero-order chi connectivity index (χ0) is 9.52. The maximum absolute atomic E-state index is 3.61. The summed E-state index contributed by atoms with van der Waals surface area (Å²) in [5, 5.41) is 2.19. The van der Waals surface area contributed by atoms with Crippen LogP contribution >= 0.6 is 27.7 Å². The first-order valence-corrected chi connectivity index (χ1v) is 7.71. The van der Waals surface area contributed by atoms with Gasteiger partial charge in [0.15, 0.2) is 0 Å². The molecule has 0 aliphatic heterocycles. The van der Waals surface area contributed by atoms with Crippen molar-refractivity contribution in [3.63, 3.8) is 0 Å². The summed E-state index contributed by atoms with van der Waals surface area (Å²) in [5.74, 6) is 2.29. The number of hydrogen-bond acceptors (Lipinski definition) is 1. The van der Waals surface area contributed by atoms with E-state index in [1.165, 1.54) is 49.6 Å². The third-order valence-corrected chi connectivity index (χ3v) is 5.31. The molecule has 0 radical (unpaired) electrons. The van der Waals surface area contributed by atoms with Gasteiger partial charge in [-0.1, -0.05) is 42.1 Å². The SMILES string of the molecule is CCCC(CBr)CSC1CCCC1. The topological polar surface area (TPSA) is 0 Å². The van der Waals surface area contributed by atoms with E-state index in [-0.39, 0.29) is 0 Å². The average Bonchev–Trinajstić information content (AvgIpc) is 2.64. The number of rotatable bonds is 6. The highest BCUT2D eigenvalue weighted by Gasteiger charge is 2.16. The van der Waals surface area contributed by atoms with E-state index in [0.717, 1.165) is 11.2 Å². The monoisotopic (exact) mass is 264 g/mol. The average molecular weight is 265 g/mol. The molecule has 0 aromatic carbocycles. The maximum atomic E-state index is 3.61. The number of alkyl halides is 1. The van der Waals surface area contributed by atoms with Crippen LogP contribution in [0.1, 0.15) is 45.4 Å². The van der Waals surface area contributed by atoms with Gasteiger partial charge in [-0.15, -0.1) is 0 Å². The molecule has 1 aliphatic rings. The van der Waals surface area contributed by atoms with Crippen LogP contribution < -0.4 is 0 Å². The predicted octanol–water partition coefficient (Wildman–Crippen LogP) is 4.47. The Labute approximate surface area is 95.4 Å². The standard InChI is InChI=1S/C11H21BrS/c1-2-5-10(8-12)9-13-11-6-3-4-7-11/h10-11H,2-9H2,1H3. The molecule has 0 heterocycles. The summed E-state index contributed by atoms with van der Waals surface area (Å²) in [6.07, 6.45) is 8.64. The number of thioether (sulfide) groups is 1. The van der Waals surface area contributed by atoms with E-state index >= 15 is 0 Å². The molecule has 1 rings (SSSR count). The molecule has 0 spiro atoms. The lowest BCUT2D eigenvalue weighted by Gasteiger charge is -2.15. The third-order valence-electron chi connectivity index (χ3n) is 2.78. The lowest BCUT2D eigenvalue weighted by molar-refractivity contribution is 0.596. The Balaban J connectivity index is 2.07. The van der Waals surface area contributed by atoms with E-state index in [0.29, 0.717) is 0 Å². The van der Waals surface area contributed by atoms with Gasteiger partial charge in [-0.05, 0) is 30.9 Å². The Morgan fingerprint density at radius 3 is 2.62 bits per heavy atom. The molecule has 0 saturated heterocycles. The van der Waals surface area contributed by atoms with E-state index < -0.39 is 0 Å². The Hall–Kier alpha value is 0.830. The minimum atomic E-state index is 0.913. The quantitative estimate of drug-likeness (QED) is 0.638. The van der Waals surface area contributed by atoms with Gasteiger partial charge in [0, 0.05) is 10.6 Å². The molecule has 0 bridgehead atoms. The van der Waals surface area contributed by atoms with Gasteiger partial charge in [-0.25, -0.2) is 0 Å². The van der Waals surface area contributed by atoms with E-state index in [1.54, 1.807) is 0 Å². The molecule has 1 saturated carbocycles. The number of halogens is 1. The molecule has 1 atom stereocenters. The number of hydrogen-bond donors (Lipinski definition) is 0. The van der Waals surface area contributed by atoms with Gasteiger partial charge in [0.2, 0.25) is 0 Å². The summed E-state index contributed by atoms with van der Waals surface area (Å²) < 4.78 is 0. The second-order valence-corrected chi connectivity index (χ2v) is 6.03. The molecule has 1 aliphatic carbocycles. The molecule has 0 nitrogen and oxygen atoms in total. The van der Waals surface area contributed by atoms with Crippen LogP contribution in [-0.4, -0.2) is 16.3 Å². The maximum Gasteiger partial charge on any atom is 0.00675 e. The molecule has 0 amide bonds. The first-order valence-electron chi connectivity index (χ1n) is 5.54. The van der Waals surface area contributed by atoms with Crippen LogP contribution in [0.5, 0.6) is 0 Å². The summed E-state index contributed by atoms with van der Waals surface area (Å²) in [6.45, 7) is 2.29. The summed E-state index contributed by atoms with van der Waals surface area (Å²) in [4.78, 5) is 0. The fourth-order valence-corrected chi connectivity index (χ4v) is 4.29. The largest absolute Gasteiger partial charge is 0.158 e.